The summed E-state index contributed by atoms with van der Waals surface area (Å²) in [6, 6.07) is 0. The minimum atomic E-state index is -0.546. The standard InChI is InChI=1S/C9H10F2/c1-3-9(11)7-5-4-6-8(2)10/h3-7H,2H2,1H3/b6-4+,7-5-,9-3-. The summed E-state index contributed by atoms with van der Waals surface area (Å²) in [6.45, 7) is 4.58. The summed E-state index contributed by atoms with van der Waals surface area (Å²) in [6.07, 6.45) is 6.49. The van der Waals surface area contributed by atoms with Gasteiger partial charge in [0.05, 0.1) is 0 Å². The number of hydrogen-bond acceptors (Lipinski definition) is 0. The molecule has 0 fully saturated rings. The molecule has 0 rings (SSSR count). The molecule has 60 valence electrons. The minimum Gasteiger partial charge on any atom is -0.208 e. The van der Waals surface area contributed by atoms with Crippen molar-refractivity contribution in [2.75, 3.05) is 0 Å². The first-order valence-electron chi connectivity index (χ1n) is 3.17. The first-order valence-corrected chi connectivity index (χ1v) is 3.17. The van der Waals surface area contributed by atoms with Crippen LogP contribution in [-0.2, 0) is 0 Å². The van der Waals surface area contributed by atoms with Gasteiger partial charge >= 0.3 is 0 Å². The molecular formula is C9H10F2. The van der Waals surface area contributed by atoms with Crippen molar-refractivity contribution in [1.82, 2.24) is 0 Å². The average Bonchev–Trinajstić information content (AvgIpc) is 1.97. The van der Waals surface area contributed by atoms with Crippen LogP contribution >= 0.6 is 0 Å². The maximum atomic E-state index is 12.3. The van der Waals surface area contributed by atoms with E-state index in [1.54, 1.807) is 6.92 Å². The van der Waals surface area contributed by atoms with Crippen LogP contribution in [0.5, 0.6) is 0 Å². The second-order valence-electron chi connectivity index (χ2n) is 1.84. The van der Waals surface area contributed by atoms with Crippen LogP contribution in [0.15, 0.2) is 48.6 Å². The molecule has 0 spiro atoms. The van der Waals surface area contributed by atoms with Gasteiger partial charge in [-0.2, -0.15) is 0 Å². The van der Waals surface area contributed by atoms with Crippen LogP contribution in [0.1, 0.15) is 6.92 Å². The Morgan fingerprint density at radius 3 is 2.18 bits per heavy atom. The predicted molar refractivity (Wildman–Crippen MR) is 43.4 cm³/mol. The summed E-state index contributed by atoms with van der Waals surface area (Å²) in [5, 5.41) is 0. The maximum absolute atomic E-state index is 12.3. The van der Waals surface area contributed by atoms with Gasteiger partial charge in [0.2, 0.25) is 0 Å². The minimum absolute atomic E-state index is 0.348. The summed E-state index contributed by atoms with van der Waals surface area (Å²) in [5.74, 6) is -0.894. The zero-order chi connectivity index (χ0) is 8.69. The van der Waals surface area contributed by atoms with Crippen LogP contribution in [-0.4, -0.2) is 0 Å². The second kappa shape index (κ2) is 5.59. The molecule has 11 heavy (non-hydrogen) atoms. The van der Waals surface area contributed by atoms with Crippen molar-refractivity contribution < 1.29 is 8.78 Å². The van der Waals surface area contributed by atoms with E-state index >= 15 is 0 Å². The highest BCUT2D eigenvalue weighted by molar-refractivity contribution is 5.19. The van der Waals surface area contributed by atoms with E-state index in [-0.39, 0.29) is 5.83 Å². The quantitative estimate of drug-likeness (QED) is 0.549. The predicted octanol–water partition coefficient (Wildman–Crippen LogP) is 3.46. The molecule has 0 atom stereocenters. The monoisotopic (exact) mass is 156 g/mol. The Balaban J connectivity index is 3.87. The van der Waals surface area contributed by atoms with Crippen LogP contribution in [0, 0.1) is 0 Å². The molecule has 0 amide bonds. The van der Waals surface area contributed by atoms with Crippen molar-refractivity contribution in [2.24, 2.45) is 0 Å². The summed E-state index contributed by atoms with van der Waals surface area (Å²) in [5.41, 5.74) is 0. The molecule has 0 aliphatic heterocycles. The van der Waals surface area contributed by atoms with Gasteiger partial charge < -0.3 is 0 Å². The van der Waals surface area contributed by atoms with Crippen molar-refractivity contribution in [2.45, 2.75) is 6.92 Å². The topological polar surface area (TPSA) is 0 Å². The Labute approximate surface area is 65.2 Å². The van der Waals surface area contributed by atoms with E-state index in [0.717, 1.165) is 6.08 Å². The molecule has 0 radical (unpaired) electrons. The molecule has 0 saturated carbocycles. The van der Waals surface area contributed by atoms with Gasteiger partial charge in [0.25, 0.3) is 0 Å². The molecule has 0 aromatic heterocycles. The highest BCUT2D eigenvalue weighted by atomic mass is 19.1. The van der Waals surface area contributed by atoms with Crippen LogP contribution in [0.25, 0.3) is 0 Å². The SMILES string of the molecule is C=C(F)/C=C/C=C\C(F)=C\C. The lowest BCUT2D eigenvalue weighted by molar-refractivity contribution is 0.664. The van der Waals surface area contributed by atoms with Crippen molar-refractivity contribution >= 4 is 0 Å². The van der Waals surface area contributed by atoms with Crippen LogP contribution < -0.4 is 0 Å². The van der Waals surface area contributed by atoms with Crippen LogP contribution in [0.3, 0.4) is 0 Å². The number of halogens is 2. The number of allylic oxidation sites excluding steroid dienone is 7. The fourth-order valence-corrected chi connectivity index (χ4v) is 0.404. The molecule has 0 N–H and O–H groups in total. The third-order valence-corrected chi connectivity index (χ3v) is 0.919. The van der Waals surface area contributed by atoms with Gasteiger partial charge in [-0.15, -0.1) is 0 Å². The molecule has 0 bridgehead atoms. The summed E-state index contributed by atoms with van der Waals surface area (Å²) < 4.78 is 24.2. The van der Waals surface area contributed by atoms with E-state index in [1.807, 2.05) is 0 Å². The van der Waals surface area contributed by atoms with Crippen LogP contribution in [0.4, 0.5) is 8.78 Å². The average molecular weight is 156 g/mol. The van der Waals surface area contributed by atoms with Crippen molar-refractivity contribution in [3.05, 3.63) is 48.6 Å². The summed E-state index contributed by atoms with van der Waals surface area (Å²) >= 11 is 0. The maximum Gasteiger partial charge on any atom is 0.118 e. The van der Waals surface area contributed by atoms with Gasteiger partial charge in [-0.1, -0.05) is 24.8 Å². The van der Waals surface area contributed by atoms with Gasteiger partial charge in [-0.3, -0.25) is 0 Å². The van der Waals surface area contributed by atoms with E-state index in [9.17, 15) is 8.78 Å². The lowest BCUT2D eigenvalue weighted by Gasteiger charge is -1.80. The smallest absolute Gasteiger partial charge is 0.118 e. The Kier molecular flexibility index (Phi) is 4.99. The van der Waals surface area contributed by atoms with Gasteiger partial charge in [0.15, 0.2) is 0 Å². The normalized spacial score (nSPS) is 13.2. The molecular weight excluding hydrogens is 146 g/mol. The van der Waals surface area contributed by atoms with Crippen molar-refractivity contribution in [3.8, 4) is 0 Å². The van der Waals surface area contributed by atoms with E-state index in [4.69, 9.17) is 0 Å². The highest BCUT2D eigenvalue weighted by Gasteiger charge is 1.79. The fraction of sp³-hybridized carbons (Fsp3) is 0.111. The first-order chi connectivity index (χ1) is 5.16. The molecule has 0 nitrogen and oxygen atoms in total. The summed E-state index contributed by atoms with van der Waals surface area (Å²) in [7, 11) is 0. The third kappa shape index (κ3) is 6.71. The largest absolute Gasteiger partial charge is 0.208 e. The molecule has 0 heterocycles. The van der Waals surface area contributed by atoms with Gasteiger partial charge in [0.1, 0.15) is 11.7 Å². The zero-order valence-electron chi connectivity index (χ0n) is 6.35. The Morgan fingerprint density at radius 1 is 1.18 bits per heavy atom. The lowest BCUT2D eigenvalue weighted by atomic mass is 10.4. The molecule has 0 aliphatic rings. The van der Waals surface area contributed by atoms with E-state index in [0.29, 0.717) is 0 Å². The Bertz CT molecular complexity index is 210. The van der Waals surface area contributed by atoms with Crippen molar-refractivity contribution in [1.29, 1.82) is 0 Å². The van der Waals surface area contributed by atoms with E-state index in [1.165, 1.54) is 24.3 Å². The third-order valence-electron chi connectivity index (χ3n) is 0.919. The van der Waals surface area contributed by atoms with Gasteiger partial charge in [-0.25, -0.2) is 8.78 Å². The van der Waals surface area contributed by atoms with Gasteiger partial charge in [0, 0.05) is 0 Å². The Hall–Kier alpha value is -1.18. The lowest BCUT2D eigenvalue weighted by Crippen LogP contribution is -1.61. The molecule has 0 aliphatic carbocycles. The molecule has 0 aromatic rings. The molecule has 0 saturated heterocycles. The highest BCUT2D eigenvalue weighted by Crippen LogP contribution is 1.98. The Morgan fingerprint density at radius 2 is 1.73 bits per heavy atom. The van der Waals surface area contributed by atoms with Crippen molar-refractivity contribution in [3.63, 3.8) is 0 Å². The molecule has 2 heteroatoms. The summed E-state index contributed by atoms with van der Waals surface area (Å²) in [4.78, 5) is 0. The van der Waals surface area contributed by atoms with E-state index in [2.05, 4.69) is 6.58 Å². The molecule has 0 unspecified atom stereocenters. The first kappa shape index (κ1) is 9.82. The molecule has 0 aromatic carbocycles. The van der Waals surface area contributed by atoms with E-state index < -0.39 is 5.83 Å². The number of hydrogen-bond donors (Lipinski definition) is 0. The van der Waals surface area contributed by atoms with Crippen LogP contribution in [0.2, 0.25) is 0 Å². The van der Waals surface area contributed by atoms with Gasteiger partial charge in [-0.05, 0) is 19.1 Å². The fourth-order valence-electron chi connectivity index (χ4n) is 0.404. The second-order valence-corrected chi connectivity index (χ2v) is 1.84. The number of rotatable bonds is 3. The zero-order valence-corrected chi connectivity index (χ0v) is 6.35.